The number of aliphatic carboxylic acids is 1. The molecule has 2 aromatic rings. The van der Waals surface area contributed by atoms with E-state index in [0.717, 1.165) is 4.57 Å². The van der Waals surface area contributed by atoms with Crippen molar-refractivity contribution in [2.45, 2.75) is 12.5 Å². The molecule has 0 saturated heterocycles. The number of nitrogens with zero attached hydrogens (tertiary/aromatic N) is 4. The third-order valence-corrected chi connectivity index (χ3v) is 2.97. The van der Waals surface area contributed by atoms with Gasteiger partial charge in [-0.05, 0) is 5.18 Å². The number of anilines is 2. The molecule has 0 aliphatic heterocycles. The Kier molecular flexibility index (Phi) is 4.15. The molecule has 1 atom stereocenters. The smallest absolute Gasteiger partial charge is 0.326 e. The molecule has 2 heterocycles. The first-order valence-corrected chi connectivity index (χ1v) is 6.10. The van der Waals surface area contributed by atoms with Gasteiger partial charge in [0.25, 0.3) is 5.56 Å². The highest BCUT2D eigenvalue weighted by molar-refractivity contribution is 5.77. The maximum absolute atomic E-state index is 11.9. The lowest BCUT2D eigenvalue weighted by Gasteiger charge is -2.16. The van der Waals surface area contributed by atoms with Gasteiger partial charge in [0.2, 0.25) is 11.6 Å². The van der Waals surface area contributed by atoms with Gasteiger partial charge in [0.05, 0.1) is 6.33 Å². The van der Waals surface area contributed by atoms with Crippen molar-refractivity contribution in [3.8, 4) is 0 Å². The summed E-state index contributed by atoms with van der Waals surface area (Å²) in [4.78, 5) is 44.1. The lowest BCUT2D eigenvalue weighted by atomic mass is 10.1. The van der Waals surface area contributed by atoms with E-state index in [4.69, 9.17) is 5.73 Å². The molecule has 0 fully saturated rings. The van der Waals surface area contributed by atoms with Crippen LogP contribution in [0.4, 0.5) is 17.5 Å². The maximum Gasteiger partial charge on any atom is 0.326 e. The molecule has 2 aromatic heterocycles. The van der Waals surface area contributed by atoms with Crippen LogP contribution in [-0.4, -0.2) is 36.6 Å². The molecule has 0 aliphatic rings. The first-order valence-electron chi connectivity index (χ1n) is 6.10. The van der Waals surface area contributed by atoms with Crippen molar-refractivity contribution in [3.63, 3.8) is 0 Å². The normalized spacial score (nSPS) is 11.9. The highest BCUT2D eigenvalue weighted by Gasteiger charge is 2.22. The fourth-order valence-electron chi connectivity index (χ4n) is 1.79. The van der Waals surface area contributed by atoms with Gasteiger partial charge in [-0.1, -0.05) is 0 Å². The molecule has 22 heavy (non-hydrogen) atoms. The summed E-state index contributed by atoms with van der Waals surface area (Å²) in [6, 6.07) is -1.08. The van der Waals surface area contributed by atoms with Crippen molar-refractivity contribution in [3.05, 3.63) is 33.5 Å². The number of nitroso groups, excluding NO2 is 1. The number of nitrogens with one attached hydrogen (secondary N) is 2. The quantitative estimate of drug-likeness (QED) is 0.522. The summed E-state index contributed by atoms with van der Waals surface area (Å²) in [5.41, 5.74) is 4.77. The first kappa shape index (κ1) is 15.2. The van der Waals surface area contributed by atoms with E-state index >= 15 is 0 Å². The number of imidazole rings is 1. The van der Waals surface area contributed by atoms with Crippen LogP contribution in [0.3, 0.4) is 0 Å². The number of aromatic amines is 1. The minimum absolute atomic E-state index is 0.0817. The van der Waals surface area contributed by atoms with Gasteiger partial charge in [-0.15, -0.1) is 4.91 Å². The van der Waals surface area contributed by atoms with Crippen LogP contribution in [0.25, 0.3) is 0 Å². The Labute approximate surface area is 123 Å². The van der Waals surface area contributed by atoms with E-state index in [0.29, 0.717) is 5.69 Å². The van der Waals surface area contributed by atoms with E-state index in [9.17, 15) is 19.6 Å². The zero-order chi connectivity index (χ0) is 16.3. The number of hydrogen-bond acceptors (Lipinski definition) is 8. The monoisotopic (exact) mass is 307 g/mol. The van der Waals surface area contributed by atoms with Crippen molar-refractivity contribution in [1.82, 2.24) is 19.5 Å². The molecular formula is C11H13N7O4. The minimum Gasteiger partial charge on any atom is -0.480 e. The van der Waals surface area contributed by atoms with Crippen LogP contribution in [0.15, 0.2) is 22.5 Å². The topological polar surface area (TPSA) is 168 Å². The number of rotatable bonds is 6. The van der Waals surface area contributed by atoms with Crippen LogP contribution in [0.1, 0.15) is 5.69 Å². The fourth-order valence-corrected chi connectivity index (χ4v) is 1.79. The lowest BCUT2D eigenvalue weighted by molar-refractivity contribution is -0.137. The zero-order valence-corrected chi connectivity index (χ0v) is 11.5. The third kappa shape index (κ3) is 2.92. The molecule has 11 nitrogen and oxygen atoms in total. The maximum atomic E-state index is 11.9. The van der Waals surface area contributed by atoms with Crippen molar-refractivity contribution < 1.29 is 9.90 Å². The summed E-state index contributed by atoms with van der Waals surface area (Å²) in [7, 11) is 1.32. The van der Waals surface area contributed by atoms with Gasteiger partial charge in [-0.3, -0.25) is 9.36 Å². The summed E-state index contributed by atoms with van der Waals surface area (Å²) >= 11 is 0. The standard InChI is InChI=1S/C11H13N7O4/c1-18-9(19)7(17-22)8(12)16-11(18)15-6(10(20)21)2-5-3-13-4-14-5/h3-4,6H,2,12H2,1H3,(H,13,14)(H,15,16)(H,20,21). The van der Waals surface area contributed by atoms with E-state index in [-0.39, 0.29) is 18.2 Å². The van der Waals surface area contributed by atoms with Gasteiger partial charge in [0.1, 0.15) is 6.04 Å². The lowest BCUT2D eigenvalue weighted by Crippen LogP contribution is -2.35. The van der Waals surface area contributed by atoms with Gasteiger partial charge < -0.3 is 21.1 Å². The average molecular weight is 307 g/mol. The SMILES string of the molecule is Cn1c(NC(Cc2cnc[nH]2)C(=O)O)nc(N)c(N=O)c1=O. The molecule has 0 radical (unpaired) electrons. The van der Waals surface area contributed by atoms with Gasteiger partial charge in [-0.25, -0.2) is 9.78 Å². The second kappa shape index (κ2) is 6.03. The highest BCUT2D eigenvalue weighted by atomic mass is 16.4. The first-order chi connectivity index (χ1) is 10.4. The number of nitrogens with two attached hydrogens (primary N) is 1. The third-order valence-electron chi connectivity index (χ3n) is 2.97. The highest BCUT2D eigenvalue weighted by Crippen LogP contribution is 2.16. The number of carboxylic acid groups (broad SMARTS) is 1. The number of nitrogen functional groups attached to an aromatic ring is 1. The Bertz CT molecular complexity index is 753. The van der Waals surface area contributed by atoms with Gasteiger partial charge >= 0.3 is 5.97 Å². The predicted octanol–water partition coefficient (Wildman–Crippen LogP) is -0.409. The predicted molar refractivity (Wildman–Crippen MR) is 76.7 cm³/mol. The van der Waals surface area contributed by atoms with Crippen LogP contribution in [0.2, 0.25) is 0 Å². The van der Waals surface area contributed by atoms with E-state index in [1.165, 1.54) is 19.6 Å². The van der Waals surface area contributed by atoms with Crippen LogP contribution in [0.5, 0.6) is 0 Å². The molecule has 11 heteroatoms. The fraction of sp³-hybridized carbons (Fsp3) is 0.273. The Hall–Kier alpha value is -3.24. The van der Waals surface area contributed by atoms with Crippen LogP contribution in [0, 0.1) is 4.91 Å². The Balaban J connectivity index is 2.33. The Morgan fingerprint density at radius 2 is 2.36 bits per heavy atom. The second-order valence-corrected chi connectivity index (χ2v) is 4.44. The second-order valence-electron chi connectivity index (χ2n) is 4.44. The van der Waals surface area contributed by atoms with Crippen molar-refractivity contribution in [2.24, 2.45) is 12.2 Å². The van der Waals surface area contributed by atoms with E-state index < -0.39 is 23.3 Å². The molecule has 0 aromatic carbocycles. The van der Waals surface area contributed by atoms with E-state index in [2.05, 4.69) is 25.4 Å². The summed E-state index contributed by atoms with van der Waals surface area (Å²) in [6.45, 7) is 0. The average Bonchev–Trinajstić information content (AvgIpc) is 2.97. The largest absolute Gasteiger partial charge is 0.480 e. The van der Waals surface area contributed by atoms with Crippen LogP contribution < -0.4 is 16.6 Å². The summed E-state index contributed by atoms with van der Waals surface area (Å²) in [5.74, 6) is -1.60. The molecule has 116 valence electrons. The van der Waals surface area contributed by atoms with E-state index in [1.807, 2.05) is 0 Å². The molecule has 0 bridgehead atoms. The van der Waals surface area contributed by atoms with E-state index in [1.54, 1.807) is 0 Å². The Morgan fingerprint density at radius 3 is 2.91 bits per heavy atom. The van der Waals surface area contributed by atoms with Crippen molar-refractivity contribution in [1.29, 1.82) is 0 Å². The molecule has 0 saturated carbocycles. The molecule has 1 unspecified atom stereocenters. The molecule has 0 amide bonds. The van der Waals surface area contributed by atoms with Crippen molar-refractivity contribution in [2.75, 3.05) is 11.1 Å². The van der Waals surface area contributed by atoms with Crippen LogP contribution >= 0.6 is 0 Å². The zero-order valence-electron chi connectivity index (χ0n) is 11.5. The molecular weight excluding hydrogens is 294 g/mol. The van der Waals surface area contributed by atoms with Gasteiger partial charge in [0, 0.05) is 25.4 Å². The van der Waals surface area contributed by atoms with Crippen molar-refractivity contribution >= 4 is 23.4 Å². The number of carboxylic acids is 1. The number of hydrogen-bond donors (Lipinski definition) is 4. The molecule has 0 spiro atoms. The molecule has 0 aliphatic carbocycles. The summed E-state index contributed by atoms with van der Waals surface area (Å²) in [6.07, 6.45) is 2.99. The molecule has 5 N–H and O–H groups in total. The number of carbonyl (C=O) groups is 1. The minimum atomic E-state index is -1.15. The Morgan fingerprint density at radius 1 is 1.64 bits per heavy atom. The summed E-state index contributed by atoms with van der Waals surface area (Å²) in [5, 5.41) is 14.4. The number of aromatic nitrogens is 4. The van der Waals surface area contributed by atoms with Crippen LogP contribution in [-0.2, 0) is 18.3 Å². The summed E-state index contributed by atoms with van der Waals surface area (Å²) < 4.78 is 0.968. The van der Waals surface area contributed by atoms with Gasteiger partial charge in [0.15, 0.2) is 5.82 Å². The van der Waals surface area contributed by atoms with Gasteiger partial charge in [-0.2, -0.15) is 4.98 Å². The number of H-pyrrole nitrogens is 1. The molecule has 2 rings (SSSR count).